The zero-order chi connectivity index (χ0) is 11.9. The number of hydrogen-bond donors (Lipinski definition) is 0. The summed E-state index contributed by atoms with van der Waals surface area (Å²) < 4.78 is 7.20. The minimum atomic E-state index is 0.0831. The lowest BCUT2D eigenvalue weighted by atomic mass is 10.1. The molecular weight excluding hydrogens is 242 g/mol. The first kappa shape index (κ1) is 10.1. The summed E-state index contributed by atoms with van der Waals surface area (Å²) in [5.41, 5.74) is 2.35. The van der Waals surface area contributed by atoms with Crippen molar-refractivity contribution in [1.29, 1.82) is 0 Å². The fourth-order valence-corrected chi connectivity index (χ4v) is 3.34. The highest BCUT2D eigenvalue weighted by molar-refractivity contribution is 7.18. The van der Waals surface area contributed by atoms with Crippen LogP contribution in [0.4, 0.5) is 0 Å². The van der Waals surface area contributed by atoms with Gasteiger partial charge in [0, 0.05) is 6.42 Å². The standard InChI is InChI=1S/C15H11NOS/c1-3-7-12-10(5-1)9-13(17-12)15-16-11-6-2-4-8-14(11)18-15/h1-8,13H,9H2. The summed E-state index contributed by atoms with van der Waals surface area (Å²) in [4.78, 5) is 4.67. The van der Waals surface area contributed by atoms with Crippen LogP contribution in [0, 0.1) is 0 Å². The Morgan fingerprint density at radius 3 is 2.78 bits per heavy atom. The second-order valence-corrected chi connectivity index (χ2v) is 5.50. The third kappa shape index (κ3) is 1.51. The first-order chi connectivity index (χ1) is 8.90. The number of fused-ring (bicyclic) bond motifs is 2. The summed E-state index contributed by atoms with van der Waals surface area (Å²) in [7, 11) is 0. The van der Waals surface area contributed by atoms with Gasteiger partial charge < -0.3 is 4.74 Å². The molecule has 1 aliphatic rings. The average Bonchev–Trinajstić information content (AvgIpc) is 3.02. The average molecular weight is 253 g/mol. The van der Waals surface area contributed by atoms with Gasteiger partial charge in [-0.1, -0.05) is 30.3 Å². The highest BCUT2D eigenvalue weighted by Crippen LogP contribution is 2.38. The van der Waals surface area contributed by atoms with Gasteiger partial charge in [0.2, 0.25) is 0 Å². The third-order valence-corrected chi connectivity index (χ3v) is 4.36. The highest BCUT2D eigenvalue weighted by Gasteiger charge is 2.26. The smallest absolute Gasteiger partial charge is 0.154 e. The van der Waals surface area contributed by atoms with Gasteiger partial charge in [0.05, 0.1) is 10.2 Å². The molecule has 0 N–H and O–H groups in total. The van der Waals surface area contributed by atoms with Gasteiger partial charge in [-0.15, -0.1) is 11.3 Å². The van der Waals surface area contributed by atoms with Gasteiger partial charge in [-0.05, 0) is 23.8 Å². The molecule has 18 heavy (non-hydrogen) atoms. The Morgan fingerprint density at radius 1 is 1.06 bits per heavy atom. The second kappa shape index (κ2) is 3.82. The summed E-state index contributed by atoms with van der Waals surface area (Å²) in [6.07, 6.45) is 1.01. The van der Waals surface area contributed by atoms with Crippen LogP contribution in [-0.4, -0.2) is 4.98 Å². The lowest BCUT2D eigenvalue weighted by molar-refractivity contribution is 0.238. The van der Waals surface area contributed by atoms with E-state index in [0.29, 0.717) is 0 Å². The number of rotatable bonds is 1. The minimum Gasteiger partial charge on any atom is -0.483 e. The number of ether oxygens (including phenoxy) is 1. The molecule has 3 aromatic rings. The van der Waals surface area contributed by atoms with Crippen LogP contribution < -0.4 is 4.74 Å². The van der Waals surface area contributed by atoms with Crippen LogP contribution in [0.15, 0.2) is 48.5 Å². The van der Waals surface area contributed by atoms with Crippen molar-refractivity contribution < 1.29 is 4.74 Å². The van der Waals surface area contributed by atoms with Gasteiger partial charge in [-0.3, -0.25) is 0 Å². The van der Waals surface area contributed by atoms with E-state index in [-0.39, 0.29) is 6.10 Å². The van der Waals surface area contributed by atoms with Crippen molar-refractivity contribution in [3.8, 4) is 5.75 Å². The molecule has 0 aliphatic carbocycles. The predicted molar refractivity (Wildman–Crippen MR) is 73.1 cm³/mol. The monoisotopic (exact) mass is 253 g/mol. The molecule has 2 aromatic carbocycles. The normalized spacial score (nSPS) is 17.7. The Labute approximate surface area is 109 Å². The number of benzene rings is 2. The molecule has 2 nitrogen and oxygen atoms in total. The zero-order valence-corrected chi connectivity index (χ0v) is 10.5. The molecular formula is C15H11NOS. The molecule has 0 saturated carbocycles. The Hall–Kier alpha value is -1.87. The Kier molecular flexibility index (Phi) is 2.14. The molecule has 1 atom stereocenters. The zero-order valence-electron chi connectivity index (χ0n) is 9.67. The summed E-state index contributed by atoms with van der Waals surface area (Å²) in [6.45, 7) is 0. The SMILES string of the molecule is c1ccc2c(c1)CC(c1nc3ccccc3s1)O2. The van der Waals surface area contributed by atoms with Crippen LogP contribution in [0.3, 0.4) is 0 Å². The van der Waals surface area contributed by atoms with E-state index in [2.05, 4.69) is 35.3 Å². The van der Waals surface area contributed by atoms with E-state index >= 15 is 0 Å². The van der Waals surface area contributed by atoms with Crippen LogP contribution in [-0.2, 0) is 6.42 Å². The van der Waals surface area contributed by atoms with Crippen molar-refractivity contribution in [1.82, 2.24) is 4.98 Å². The molecule has 4 rings (SSSR count). The maximum atomic E-state index is 5.97. The minimum absolute atomic E-state index is 0.0831. The predicted octanol–water partition coefficient (Wildman–Crippen LogP) is 3.97. The lowest BCUT2D eigenvalue weighted by Crippen LogP contribution is -2.01. The molecule has 0 amide bonds. The molecule has 1 aromatic heterocycles. The highest BCUT2D eigenvalue weighted by atomic mass is 32.1. The molecule has 0 bridgehead atoms. The fraction of sp³-hybridized carbons (Fsp3) is 0.133. The summed E-state index contributed by atoms with van der Waals surface area (Å²) >= 11 is 1.73. The molecule has 88 valence electrons. The molecule has 0 saturated heterocycles. The first-order valence-electron chi connectivity index (χ1n) is 6.00. The fourth-order valence-electron chi connectivity index (χ4n) is 2.35. The van der Waals surface area contributed by atoms with Crippen molar-refractivity contribution in [2.24, 2.45) is 0 Å². The largest absolute Gasteiger partial charge is 0.483 e. The van der Waals surface area contributed by atoms with Crippen LogP contribution >= 0.6 is 11.3 Å². The number of hydrogen-bond acceptors (Lipinski definition) is 3. The topological polar surface area (TPSA) is 22.1 Å². The van der Waals surface area contributed by atoms with E-state index in [0.717, 1.165) is 22.7 Å². The molecule has 2 heterocycles. The van der Waals surface area contributed by atoms with Crippen LogP contribution in [0.5, 0.6) is 5.75 Å². The maximum Gasteiger partial charge on any atom is 0.154 e. The first-order valence-corrected chi connectivity index (χ1v) is 6.82. The van der Waals surface area contributed by atoms with Crippen molar-refractivity contribution >= 4 is 21.6 Å². The number of para-hydroxylation sites is 2. The van der Waals surface area contributed by atoms with Crippen LogP contribution in [0.25, 0.3) is 10.2 Å². The molecule has 0 spiro atoms. The third-order valence-electron chi connectivity index (χ3n) is 3.23. The second-order valence-electron chi connectivity index (χ2n) is 4.44. The van der Waals surface area contributed by atoms with Crippen molar-refractivity contribution in [3.05, 3.63) is 59.1 Å². The van der Waals surface area contributed by atoms with Gasteiger partial charge in [-0.25, -0.2) is 4.98 Å². The Bertz CT molecular complexity index is 661. The van der Waals surface area contributed by atoms with Crippen LogP contribution in [0.1, 0.15) is 16.7 Å². The van der Waals surface area contributed by atoms with Crippen LogP contribution in [0.2, 0.25) is 0 Å². The Balaban J connectivity index is 1.73. The number of aromatic nitrogens is 1. The van der Waals surface area contributed by atoms with Crippen molar-refractivity contribution in [3.63, 3.8) is 0 Å². The Morgan fingerprint density at radius 2 is 1.89 bits per heavy atom. The van der Waals surface area contributed by atoms with Gasteiger partial charge in [-0.2, -0.15) is 0 Å². The summed E-state index contributed by atoms with van der Waals surface area (Å²) in [5.74, 6) is 1.00. The summed E-state index contributed by atoms with van der Waals surface area (Å²) in [5, 5.41) is 1.08. The lowest BCUT2D eigenvalue weighted by Gasteiger charge is -2.05. The number of thiazole rings is 1. The van der Waals surface area contributed by atoms with Gasteiger partial charge >= 0.3 is 0 Å². The van der Waals surface area contributed by atoms with Gasteiger partial charge in [0.25, 0.3) is 0 Å². The molecule has 3 heteroatoms. The van der Waals surface area contributed by atoms with E-state index in [4.69, 9.17) is 4.74 Å². The molecule has 0 radical (unpaired) electrons. The van der Waals surface area contributed by atoms with Crippen molar-refractivity contribution in [2.75, 3.05) is 0 Å². The van der Waals surface area contributed by atoms with Gasteiger partial charge in [0.15, 0.2) is 6.10 Å². The number of nitrogens with zero attached hydrogens (tertiary/aromatic N) is 1. The quantitative estimate of drug-likeness (QED) is 0.654. The summed E-state index contributed by atoms with van der Waals surface area (Å²) in [6, 6.07) is 16.5. The van der Waals surface area contributed by atoms with E-state index in [1.807, 2.05) is 18.2 Å². The molecule has 1 aliphatic heterocycles. The van der Waals surface area contributed by atoms with Crippen molar-refractivity contribution in [2.45, 2.75) is 12.5 Å². The molecule has 1 unspecified atom stereocenters. The molecule has 0 fully saturated rings. The maximum absolute atomic E-state index is 5.97. The van der Waals surface area contributed by atoms with E-state index < -0.39 is 0 Å². The van der Waals surface area contributed by atoms with E-state index in [1.54, 1.807) is 11.3 Å². The van der Waals surface area contributed by atoms with E-state index in [9.17, 15) is 0 Å². The van der Waals surface area contributed by atoms with E-state index in [1.165, 1.54) is 10.3 Å². The van der Waals surface area contributed by atoms with Gasteiger partial charge in [0.1, 0.15) is 10.8 Å².